The Hall–Kier alpha value is -2.04. The first-order valence-electron chi connectivity index (χ1n) is 5.01. The highest BCUT2D eigenvalue weighted by Gasteiger charge is 2.21. The monoisotopic (exact) mass is 218 g/mol. The molecular formula is C11H12N3O2+. The number of hydrogen-bond donors (Lipinski definition) is 0. The van der Waals surface area contributed by atoms with E-state index in [4.69, 9.17) is 0 Å². The lowest BCUT2D eigenvalue weighted by Crippen LogP contribution is -2.26. The van der Waals surface area contributed by atoms with Crippen LogP contribution in [-0.2, 0) is 4.79 Å². The molecule has 2 aromatic heterocycles. The van der Waals surface area contributed by atoms with E-state index >= 15 is 0 Å². The maximum Gasteiger partial charge on any atom is 0.307 e. The first-order chi connectivity index (χ1) is 7.67. The van der Waals surface area contributed by atoms with Crippen molar-refractivity contribution in [3.8, 4) is 0 Å². The second kappa shape index (κ2) is 3.84. The fraction of sp³-hybridized carbons (Fsp3) is 0.273. The van der Waals surface area contributed by atoms with Crippen molar-refractivity contribution < 1.29 is 14.0 Å². The number of rotatable bonds is 3. The number of carbonyl (C=O) groups excluding carboxylic acids is 2. The smallest absolute Gasteiger partial charge is 0.298 e. The highest BCUT2D eigenvalue weighted by Crippen LogP contribution is 2.09. The van der Waals surface area contributed by atoms with Crippen LogP contribution in [0.1, 0.15) is 35.9 Å². The average molecular weight is 218 g/mol. The Morgan fingerprint density at radius 3 is 2.69 bits per heavy atom. The summed E-state index contributed by atoms with van der Waals surface area (Å²) < 4.78 is 3.03. The molecule has 0 unspecified atom stereocenters. The number of carbonyl (C=O) groups is 2. The molecule has 0 aliphatic carbocycles. The van der Waals surface area contributed by atoms with Gasteiger partial charge in [-0.1, -0.05) is 13.8 Å². The standard InChI is InChI=1S/C11H12N3O2/c1-8(2)11-12-14(7-16)10-4-3-9(6-15)5-13(10)11/h3-8H,1-2H3/q+1. The number of pyridine rings is 1. The molecule has 0 N–H and O–H groups in total. The molecule has 16 heavy (non-hydrogen) atoms. The minimum absolute atomic E-state index is 0.176. The van der Waals surface area contributed by atoms with Crippen LogP contribution in [0, 0.1) is 0 Å². The molecule has 0 spiro atoms. The lowest BCUT2D eigenvalue weighted by Gasteiger charge is -1.95. The molecule has 0 amide bonds. The Morgan fingerprint density at radius 1 is 1.38 bits per heavy atom. The van der Waals surface area contributed by atoms with Crippen molar-refractivity contribution in [2.24, 2.45) is 0 Å². The lowest BCUT2D eigenvalue weighted by atomic mass is 10.2. The van der Waals surface area contributed by atoms with Crippen LogP contribution in [-0.4, -0.2) is 22.5 Å². The van der Waals surface area contributed by atoms with Crippen molar-refractivity contribution in [1.29, 1.82) is 0 Å². The van der Waals surface area contributed by atoms with Crippen molar-refractivity contribution in [3.05, 3.63) is 29.7 Å². The summed E-state index contributed by atoms with van der Waals surface area (Å²) in [6.07, 6.45) is 3.11. The number of hydrogen-bond acceptors (Lipinski definition) is 3. The predicted octanol–water partition coefficient (Wildman–Crippen LogP) is 0.596. The molecule has 0 radical (unpaired) electrons. The van der Waals surface area contributed by atoms with E-state index in [2.05, 4.69) is 5.10 Å². The molecule has 0 fully saturated rings. The molecular weight excluding hydrogens is 206 g/mol. The second-order valence-electron chi connectivity index (χ2n) is 3.87. The predicted molar refractivity (Wildman–Crippen MR) is 57.0 cm³/mol. The van der Waals surface area contributed by atoms with Gasteiger partial charge in [-0.2, -0.15) is 4.40 Å². The Balaban J connectivity index is 2.80. The molecule has 0 saturated heterocycles. The third kappa shape index (κ3) is 1.50. The van der Waals surface area contributed by atoms with Crippen LogP contribution in [0.15, 0.2) is 18.3 Å². The first-order valence-corrected chi connectivity index (χ1v) is 5.01. The molecule has 2 heterocycles. The quantitative estimate of drug-likeness (QED) is 0.560. The van der Waals surface area contributed by atoms with Gasteiger partial charge in [0.25, 0.3) is 11.5 Å². The normalized spacial score (nSPS) is 10.9. The molecule has 0 aliphatic rings. The molecule has 0 atom stereocenters. The summed E-state index contributed by atoms with van der Waals surface area (Å²) in [5.74, 6) is 0.932. The molecule has 2 aromatic rings. The van der Waals surface area contributed by atoms with Crippen LogP contribution >= 0.6 is 0 Å². The van der Waals surface area contributed by atoms with Gasteiger partial charge in [-0.3, -0.25) is 9.59 Å². The van der Waals surface area contributed by atoms with Crippen LogP contribution in [0.5, 0.6) is 0 Å². The minimum atomic E-state index is 0.176. The van der Waals surface area contributed by atoms with Crippen LogP contribution in [0.3, 0.4) is 0 Å². The molecule has 5 heteroatoms. The van der Waals surface area contributed by atoms with E-state index in [1.165, 1.54) is 4.68 Å². The molecule has 2 rings (SSSR count). The Bertz CT molecular complexity index is 558. The summed E-state index contributed by atoms with van der Waals surface area (Å²) in [7, 11) is 0. The van der Waals surface area contributed by atoms with E-state index in [-0.39, 0.29) is 5.92 Å². The van der Waals surface area contributed by atoms with Gasteiger partial charge in [-0.05, 0) is 10.7 Å². The molecule has 0 saturated carbocycles. The van der Waals surface area contributed by atoms with E-state index < -0.39 is 0 Å². The van der Waals surface area contributed by atoms with E-state index in [0.717, 1.165) is 12.1 Å². The minimum Gasteiger partial charge on any atom is -0.298 e. The zero-order chi connectivity index (χ0) is 11.7. The molecule has 0 aliphatic heterocycles. The van der Waals surface area contributed by atoms with Crippen LogP contribution in [0.25, 0.3) is 5.65 Å². The Labute approximate surface area is 92.3 Å². The summed E-state index contributed by atoms with van der Waals surface area (Å²) in [4.78, 5) is 21.5. The number of nitrogens with zero attached hydrogens (tertiary/aromatic N) is 3. The Kier molecular flexibility index (Phi) is 2.52. The van der Waals surface area contributed by atoms with Gasteiger partial charge in [0.1, 0.15) is 0 Å². The van der Waals surface area contributed by atoms with Gasteiger partial charge in [-0.15, -0.1) is 0 Å². The van der Waals surface area contributed by atoms with Gasteiger partial charge in [0.15, 0.2) is 6.29 Å². The molecule has 0 bridgehead atoms. The first kappa shape index (κ1) is 10.5. The van der Waals surface area contributed by atoms with Gasteiger partial charge in [0.2, 0.25) is 0 Å². The van der Waals surface area contributed by atoms with Gasteiger partial charge in [-0.25, -0.2) is 0 Å². The second-order valence-corrected chi connectivity index (χ2v) is 3.87. The summed E-state index contributed by atoms with van der Waals surface area (Å²) in [6.45, 7) is 3.97. The zero-order valence-electron chi connectivity index (χ0n) is 9.12. The Morgan fingerprint density at radius 2 is 2.12 bits per heavy atom. The third-order valence-corrected chi connectivity index (χ3v) is 2.39. The van der Waals surface area contributed by atoms with Crippen molar-refractivity contribution in [2.45, 2.75) is 19.8 Å². The van der Waals surface area contributed by atoms with E-state index in [1.807, 2.05) is 13.8 Å². The highest BCUT2D eigenvalue weighted by molar-refractivity contribution is 5.74. The SMILES string of the molecule is CC(C)c1nn(C=O)c2ccc(C=O)c[n+]12. The van der Waals surface area contributed by atoms with E-state index in [1.54, 1.807) is 22.7 Å². The maximum absolute atomic E-state index is 10.8. The fourth-order valence-corrected chi connectivity index (χ4v) is 1.63. The van der Waals surface area contributed by atoms with Crippen molar-refractivity contribution in [1.82, 2.24) is 9.78 Å². The zero-order valence-corrected chi connectivity index (χ0v) is 9.12. The van der Waals surface area contributed by atoms with Crippen LogP contribution in [0.2, 0.25) is 0 Å². The summed E-state index contributed by atoms with van der Waals surface area (Å²) in [5, 5.41) is 4.18. The number of fused-ring (bicyclic) bond motifs is 1. The number of aromatic nitrogens is 3. The molecule has 5 nitrogen and oxygen atoms in total. The topological polar surface area (TPSA) is 56.1 Å². The average Bonchev–Trinajstić information content (AvgIpc) is 2.66. The van der Waals surface area contributed by atoms with E-state index in [9.17, 15) is 9.59 Å². The highest BCUT2D eigenvalue weighted by atomic mass is 16.1. The van der Waals surface area contributed by atoms with Gasteiger partial charge in [0, 0.05) is 22.6 Å². The van der Waals surface area contributed by atoms with Crippen molar-refractivity contribution in [2.75, 3.05) is 0 Å². The molecule has 82 valence electrons. The van der Waals surface area contributed by atoms with Crippen molar-refractivity contribution >= 4 is 18.3 Å². The van der Waals surface area contributed by atoms with E-state index in [0.29, 0.717) is 17.6 Å². The van der Waals surface area contributed by atoms with Crippen LogP contribution in [0.4, 0.5) is 0 Å². The van der Waals surface area contributed by atoms with Crippen molar-refractivity contribution in [3.63, 3.8) is 0 Å². The molecule has 0 aromatic carbocycles. The van der Waals surface area contributed by atoms with Gasteiger partial charge >= 0.3 is 6.41 Å². The fourth-order valence-electron chi connectivity index (χ4n) is 1.63. The summed E-state index contributed by atoms with van der Waals surface area (Å²) in [5.41, 5.74) is 1.22. The summed E-state index contributed by atoms with van der Waals surface area (Å²) >= 11 is 0. The largest absolute Gasteiger partial charge is 0.307 e. The lowest BCUT2D eigenvalue weighted by molar-refractivity contribution is -0.523. The number of aldehydes is 1. The van der Waals surface area contributed by atoms with Crippen LogP contribution < -0.4 is 4.40 Å². The maximum atomic E-state index is 10.8. The third-order valence-electron chi connectivity index (χ3n) is 2.39. The summed E-state index contributed by atoms with van der Waals surface area (Å²) in [6, 6.07) is 3.37. The van der Waals surface area contributed by atoms with Gasteiger partial charge in [0.05, 0.1) is 6.20 Å². The van der Waals surface area contributed by atoms with Gasteiger partial charge < -0.3 is 0 Å².